The number of esters is 1. The molecule has 0 saturated heterocycles. The summed E-state index contributed by atoms with van der Waals surface area (Å²) in [6.45, 7) is 15.4. The number of hydrogen-bond donors (Lipinski definition) is 1. The Kier molecular flexibility index (Phi) is 37.1. The summed E-state index contributed by atoms with van der Waals surface area (Å²) >= 11 is 0. The molecular weight excluding hydrogens is 695 g/mol. The van der Waals surface area contributed by atoms with E-state index in [-0.39, 0.29) is 43.9 Å². The van der Waals surface area contributed by atoms with E-state index in [0.717, 1.165) is 25.7 Å². The maximum absolute atomic E-state index is 12.5. The van der Waals surface area contributed by atoms with E-state index in [9.17, 15) is 9.59 Å². The van der Waals surface area contributed by atoms with Crippen molar-refractivity contribution in [3.8, 4) is 0 Å². The lowest BCUT2D eigenvalue weighted by Gasteiger charge is -2.28. The predicted octanol–water partition coefficient (Wildman–Crippen LogP) is 12.5. The molecule has 1 N–H and O–H groups in total. The zero-order valence-corrected chi connectivity index (χ0v) is 37.4. The van der Waals surface area contributed by atoms with Crippen LogP contribution in [0.5, 0.6) is 0 Å². The second kappa shape index (κ2) is 38.1. The van der Waals surface area contributed by atoms with E-state index in [4.69, 9.17) is 28.4 Å². The molecule has 328 valence electrons. The smallest absolute Gasteiger partial charge is 0.407 e. The lowest BCUT2D eigenvalue weighted by Crippen LogP contribution is -2.33. The fraction of sp³-hybridized carbons (Fsp3) is 0.957. The Morgan fingerprint density at radius 3 is 1.47 bits per heavy atom. The van der Waals surface area contributed by atoms with Crippen LogP contribution in [0.15, 0.2) is 0 Å². The second-order valence-electron chi connectivity index (χ2n) is 16.9. The van der Waals surface area contributed by atoms with Gasteiger partial charge in [-0.1, -0.05) is 155 Å². The van der Waals surface area contributed by atoms with Gasteiger partial charge in [-0.25, -0.2) is 4.79 Å². The molecule has 0 rings (SSSR count). The van der Waals surface area contributed by atoms with Crippen LogP contribution >= 0.6 is 0 Å². The SMILES string of the molecule is CCCCCCCCCCCCCCOC[C@@H](COC(=O)CCNC(=O)OCCC(C)(C)OCCC(C)(C)OC)OCCCCCCCCCCCCCC. The molecule has 0 aliphatic carbocycles. The minimum atomic E-state index is -0.557. The second-order valence-corrected chi connectivity index (χ2v) is 16.9. The fourth-order valence-corrected chi connectivity index (χ4v) is 6.31. The van der Waals surface area contributed by atoms with Crippen LogP contribution in [0.1, 0.15) is 215 Å². The molecule has 0 bridgehead atoms. The number of rotatable bonds is 42. The molecule has 0 aromatic carbocycles. The van der Waals surface area contributed by atoms with Crippen LogP contribution in [0, 0.1) is 0 Å². The lowest BCUT2D eigenvalue weighted by atomic mass is 10.0. The van der Waals surface area contributed by atoms with Crippen molar-refractivity contribution in [1.82, 2.24) is 5.32 Å². The summed E-state index contributed by atoms with van der Waals surface area (Å²) < 4.78 is 34.4. The molecular formula is C46H91NO8. The molecule has 0 heterocycles. The summed E-state index contributed by atoms with van der Waals surface area (Å²) in [5.41, 5.74) is -0.678. The van der Waals surface area contributed by atoms with Gasteiger partial charge in [0, 0.05) is 33.3 Å². The minimum Gasteiger partial charge on any atom is -0.463 e. The van der Waals surface area contributed by atoms with Gasteiger partial charge in [-0.3, -0.25) is 4.79 Å². The Hall–Kier alpha value is -1.42. The number of amides is 1. The van der Waals surface area contributed by atoms with Gasteiger partial charge in [0.05, 0.1) is 37.4 Å². The van der Waals surface area contributed by atoms with Gasteiger partial charge in [0.1, 0.15) is 12.7 Å². The van der Waals surface area contributed by atoms with Crippen LogP contribution in [0.25, 0.3) is 0 Å². The van der Waals surface area contributed by atoms with Crippen molar-refractivity contribution in [3.05, 3.63) is 0 Å². The molecule has 9 nitrogen and oxygen atoms in total. The molecule has 1 atom stereocenters. The number of carbonyl (C=O) groups is 2. The first-order valence-electron chi connectivity index (χ1n) is 23.0. The average molecular weight is 786 g/mol. The highest BCUT2D eigenvalue weighted by atomic mass is 16.6. The molecule has 0 aliphatic heterocycles. The molecule has 55 heavy (non-hydrogen) atoms. The first kappa shape index (κ1) is 53.6. The van der Waals surface area contributed by atoms with Crippen molar-refractivity contribution in [2.45, 2.75) is 232 Å². The third-order valence-corrected chi connectivity index (χ3v) is 10.5. The Morgan fingerprint density at radius 2 is 0.982 bits per heavy atom. The quantitative estimate of drug-likeness (QED) is 0.0482. The van der Waals surface area contributed by atoms with Crippen LogP contribution in [-0.2, 0) is 33.2 Å². The topological polar surface area (TPSA) is 102 Å². The number of unbranched alkanes of at least 4 members (excludes halogenated alkanes) is 22. The molecule has 0 fully saturated rings. The molecule has 0 saturated carbocycles. The van der Waals surface area contributed by atoms with Crippen LogP contribution in [0.4, 0.5) is 4.79 Å². The van der Waals surface area contributed by atoms with Gasteiger partial charge in [0.15, 0.2) is 0 Å². The number of nitrogens with one attached hydrogen (secondary N) is 1. The Labute approximate surface area is 340 Å². The van der Waals surface area contributed by atoms with Crippen molar-refractivity contribution in [2.24, 2.45) is 0 Å². The first-order valence-corrected chi connectivity index (χ1v) is 23.0. The van der Waals surface area contributed by atoms with Gasteiger partial charge in [-0.15, -0.1) is 0 Å². The largest absolute Gasteiger partial charge is 0.463 e. The van der Waals surface area contributed by atoms with E-state index in [2.05, 4.69) is 19.2 Å². The van der Waals surface area contributed by atoms with Gasteiger partial charge in [-0.05, 0) is 47.0 Å². The normalized spacial score (nSPS) is 12.6. The van der Waals surface area contributed by atoms with Crippen molar-refractivity contribution in [3.63, 3.8) is 0 Å². The van der Waals surface area contributed by atoms with E-state index >= 15 is 0 Å². The van der Waals surface area contributed by atoms with Crippen LogP contribution in [-0.4, -0.2) is 82.7 Å². The average Bonchev–Trinajstić information content (AvgIpc) is 3.15. The highest BCUT2D eigenvalue weighted by molar-refractivity contribution is 5.71. The zero-order valence-electron chi connectivity index (χ0n) is 37.4. The molecule has 1 amide bonds. The maximum Gasteiger partial charge on any atom is 0.407 e. The van der Waals surface area contributed by atoms with Crippen molar-refractivity contribution in [2.75, 3.05) is 53.3 Å². The molecule has 9 heteroatoms. The Morgan fingerprint density at radius 1 is 0.527 bits per heavy atom. The number of methoxy groups -OCH3 is 1. The lowest BCUT2D eigenvalue weighted by molar-refractivity contribution is -0.149. The molecule has 0 radical (unpaired) electrons. The molecule has 0 aromatic heterocycles. The Bertz CT molecular complexity index is 852. The summed E-state index contributed by atoms with van der Waals surface area (Å²) in [5.74, 6) is -0.381. The summed E-state index contributed by atoms with van der Waals surface area (Å²) in [7, 11) is 1.70. The number of hydrogen-bond acceptors (Lipinski definition) is 8. The number of carbonyl (C=O) groups excluding carboxylic acids is 2. The summed E-state index contributed by atoms with van der Waals surface area (Å²) in [4.78, 5) is 24.7. The summed E-state index contributed by atoms with van der Waals surface area (Å²) in [6.07, 6.45) is 31.9. The van der Waals surface area contributed by atoms with Crippen LogP contribution in [0.3, 0.4) is 0 Å². The highest BCUT2D eigenvalue weighted by Gasteiger charge is 2.22. The van der Waals surface area contributed by atoms with E-state index in [0.29, 0.717) is 32.8 Å². The Balaban J connectivity index is 4.32. The first-order chi connectivity index (χ1) is 26.5. The predicted molar refractivity (Wildman–Crippen MR) is 228 cm³/mol. The van der Waals surface area contributed by atoms with Crippen molar-refractivity contribution < 1.29 is 38.0 Å². The molecule has 0 aromatic rings. The number of ether oxygens (including phenoxy) is 6. The third kappa shape index (κ3) is 39.2. The van der Waals surface area contributed by atoms with E-state index in [1.165, 1.54) is 135 Å². The molecule has 0 spiro atoms. The van der Waals surface area contributed by atoms with Crippen molar-refractivity contribution in [1.29, 1.82) is 0 Å². The van der Waals surface area contributed by atoms with Gasteiger partial charge in [0.2, 0.25) is 0 Å². The summed E-state index contributed by atoms with van der Waals surface area (Å²) in [6, 6.07) is 0. The van der Waals surface area contributed by atoms with Gasteiger partial charge in [-0.2, -0.15) is 0 Å². The summed E-state index contributed by atoms with van der Waals surface area (Å²) in [5, 5.41) is 2.64. The van der Waals surface area contributed by atoms with Crippen molar-refractivity contribution >= 4 is 12.1 Å². The van der Waals surface area contributed by atoms with Crippen LogP contribution < -0.4 is 5.32 Å². The zero-order chi connectivity index (χ0) is 40.7. The van der Waals surface area contributed by atoms with E-state index < -0.39 is 11.7 Å². The monoisotopic (exact) mass is 786 g/mol. The standard InChI is InChI=1S/C46H91NO8/c1-8-10-12-14-16-18-20-22-24-26-28-30-36-51-40-42(52-37-31-29-27-25-23-21-19-17-15-13-11-9-2)41-54-43(48)32-35-47-44(49)53-38-33-46(5,6)55-39-34-45(3,4)50-7/h42H,8-41H2,1-7H3,(H,47,49)/t42-/m0/s1. The van der Waals surface area contributed by atoms with Gasteiger partial charge < -0.3 is 33.7 Å². The third-order valence-electron chi connectivity index (χ3n) is 10.5. The fourth-order valence-electron chi connectivity index (χ4n) is 6.31. The highest BCUT2D eigenvalue weighted by Crippen LogP contribution is 2.19. The maximum atomic E-state index is 12.5. The minimum absolute atomic E-state index is 0.0597. The van der Waals surface area contributed by atoms with Gasteiger partial charge in [0.25, 0.3) is 0 Å². The number of alkyl carbamates (subject to hydrolysis) is 1. The molecule has 0 unspecified atom stereocenters. The van der Waals surface area contributed by atoms with E-state index in [1.54, 1.807) is 7.11 Å². The van der Waals surface area contributed by atoms with E-state index in [1.807, 2.05) is 27.7 Å². The van der Waals surface area contributed by atoms with Gasteiger partial charge >= 0.3 is 12.1 Å². The van der Waals surface area contributed by atoms with Crippen LogP contribution in [0.2, 0.25) is 0 Å². The molecule has 0 aliphatic rings.